The van der Waals surface area contributed by atoms with E-state index < -0.39 is 0 Å². The predicted octanol–water partition coefficient (Wildman–Crippen LogP) is 3.50. The standard InChI is InChI=1S/C19H26N4O/c1-13(2)23-12-20-21-18(23)16-7-9-22(10-8-16)19(24)17-6-5-14(3)11-15(17)4/h5-6,11-13,16H,7-10H2,1-4H3. The molecule has 3 rings (SSSR count). The zero-order valence-electron chi connectivity index (χ0n) is 15.0. The Hall–Kier alpha value is -2.17. The van der Waals surface area contributed by atoms with Crippen molar-refractivity contribution in [3.8, 4) is 0 Å². The van der Waals surface area contributed by atoms with Crippen molar-refractivity contribution in [1.29, 1.82) is 0 Å². The molecule has 5 heteroatoms. The first-order valence-corrected chi connectivity index (χ1v) is 8.73. The maximum absolute atomic E-state index is 12.8. The molecule has 1 aliphatic heterocycles. The van der Waals surface area contributed by atoms with Gasteiger partial charge in [-0.2, -0.15) is 0 Å². The molecule has 0 bridgehead atoms. The summed E-state index contributed by atoms with van der Waals surface area (Å²) in [7, 11) is 0. The normalized spacial score (nSPS) is 16.0. The molecule has 0 spiro atoms. The average Bonchev–Trinajstić information content (AvgIpc) is 3.04. The molecule has 2 heterocycles. The number of nitrogens with zero attached hydrogens (tertiary/aromatic N) is 4. The van der Waals surface area contributed by atoms with Crippen LogP contribution in [0.2, 0.25) is 0 Å². The van der Waals surface area contributed by atoms with E-state index in [9.17, 15) is 4.79 Å². The molecule has 1 amide bonds. The van der Waals surface area contributed by atoms with Crippen LogP contribution in [0.3, 0.4) is 0 Å². The van der Waals surface area contributed by atoms with Gasteiger partial charge in [0.25, 0.3) is 5.91 Å². The molecule has 0 unspecified atom stereocenters. The minimum absolute atomic E-state index is 0.149. The van der Waals surface area contributed by atoms with Crippen molar-refractivity contribution in [2.75, 3.05) is 13.1 Å². The highest BCUT2D eigenvalue weighted by molar-refractivity contribution is 5.95. The Morgan fingerprint density at radius 1 is 1.21 bits per heavy atom. The summed E-state index contributed by atoms with van der Waals surface area (Å²) in [5.41, 5.74) is 3.07. The summed E-state index contributed by atoms with van der Waals surface area (Å²) in [6, 6.07) is 6.40. The maximum Gasteiger partial charge on any atom is 0.254 e. The molecule has 0 saturated carbocycles. The van der Waals surface area contributed by atoms with Gasteiger partial charge >= 0.3 is 0 Å². The van der Waals surface area contributed by atoms with E-state index in [1.54, 1.807) is 0 Å². The summed E-state index contributed by atoms with van der Waals surface area (Å²) in [5, 5.41) is 8.40. The fourth-order valence-electron chi connectivity index (χ4n) is 3.51. The van der Waals surface area contributed by atoms with Crippen LogP contribution < -0.4 is 0 Å². The van der Waals surface area contributed by atoms with Crippen LogP contribution in [-0.2, 0) is 0 Å². The number of amides is 1. The second-order valence-corrected chi connectivity index (χ2v) is 7.08. The van der Waals surface area contributed by atoms with Crippen LogP contribution in [0.25, 0.3) is 0 Å². The van der Waals surface area contributed by atoms with Crippen molar-refractivity contribution in [1.82, 2.24) is 19.7 Å². The SMILES string of the molecule is Cc1ccc(C(=O)N2CCC(c3nncn3C(C)C)CC2)c(C)c1. The molecule has 2 aromatic rings. The minimum Gasteiger partial charge on any atom is -0.339 e. The van der Waals surface area contributed by atoms with Crippen LogP contribution >= 0.6 is 0 Å². The lowest BCUT2D eigenvalue weighted by atomic mass is 9.94. The van der Waals surface area contributed by atoms with Crippen LogP contribution in [0.4, 0.5) is 0 Å². The van der Waals surface area contributed by atoms with Gasteiger partial charge < -0.3 is 9.47 Å². The van der Waals surface area contributed by atoms with E-state index in [0.29, 0.717) is 12.0 Å². The van der Waals surface area contributed by atoms with Gasteiger partial charge in [-0.3, -0.25) is 4.79 Å². The Morgan fingerprint density at radius 3 is 2.54 bits per heavy atom. The van der Waals surface area contributed by atoms with E-state index in [4.69, 9.17) is 0 Å². The highest BCUT2D eigenvalue weighted by Crippen LogP contribution is 2.29. The second-order valence-electron chi connectivity index (χ2n) is 7.08. The molecular formula is C19H26N4O. The van der Waals surface area contributed by atoms with E-state index in [2.05, 4.69) is 41.6 Å². The summed E-state index contributed by atoms with van der Waals surface area (Å²) < 4.78 is 2.15. The molecule has 0 atom stereocenters. The van der Waals surface area contributed by atoms with Crippen molar-refractivity contribution in [3.05, 3.63) is 47.0 Å². The van der Waals surface area contributed by atoms with Gasteiger partial charge in [-0.15, -0.1) is 10.2 Å². The number of carbonyl (C=O) groups excluding carboxylic acids is 1. The minimum atomic E-state index is 0.149. The predicted molar refractivity (Wildman–Crippen MR) is 94.2 cm³/mol. The summed E-state index contributed by atoms with van der Waals surface area (Å²) in [5.74, 6) is 1.60. The first kappa shape index (κ1) is 16.7. The maximum atomic E-state index is 12.8. The fraction of sp³-hybridized carbons (Fsp3) is 0.526. The van der Waals surface area contributed by atoms with Crippen molar-refractivity contribution in [3.63, 3.8) is 0 Å². The van der Waals surface area contributed by atoms with Crippen molar-refractivity contribution in [2.24, 2.45) is 0 Å². The zero-order valence-corrected chi connectivity index (χ0v) is 15.0. The number of rotatable bonds is 3. The lowest BCUT2D eigenvalue weighted by molar-refractivity contribution is 0.0709. The third-order valence-corrected chi connectivity index (χ3v) is 4.92. The van der Waals surface area contributed by atoms with E-state index >= 15 is 0 Å². The summed E-state index contributed by atoms with van der Waals surface area (Å²) in [6.07, 6.45) is 3.71. The topological polar surface area (TPSA) is 51.0 Å². The van der Waals surface area contributed by atoms with Crippen LogP contribution in [0, 0.1) is 13.8 Å². The highest BCUT2D eigenvalue weighted by atomic mass is 16.2. The fourth-order valence-corrected chi connectivity index (χ4v) is 3.51. The highest BCUT2D eigenvalue weighted by Gasteiger charge is 2.28. The Bertz CT molecular complexity index is 727. The number of piperidine rings is 1. The lowest BCUT2D eigenvalue weighted by Gasteiger charge is -2.32. The zero-order chi connectivity index (χ0) is 17.3. The van der Waals surface area contributed by atoms with Gasteiger partial charge in [-0.1, -0.05) is 17.7 Å². The van der Waals surface area contributed by atoms with Crippen molar-refractivity contribution in [2.45, 2.75) is 52.5 Å². The number of hydrogen-bond acceptors (Lipinski definition) is 3. The molecule has 0 aliphatic carbocycles. The van der Waals surface area contributed by atoms with Gasteiger partial charge in [0.05, 0.1) is 0 Å². The molecule has 1 aliphatic rings. The molecule has 1 aromatic heterocycles. The number of hydrogen-bond donors (Lipinski definition) is 0. The number of benzene rings is 1. The average molecular weight is 326 g/mol. The van der Waals surface area contributed by atoms with Crippen LogP contribution in [0.1, 0.15) is 66.0 Å². The van der Waals surface area contributed by atoms with Gasteiger partial charge in [0.1, 0.15) is 12.2 Å². The van der Waals surface area contributed by atoms with Crippen molar-refractivity contribution < 1.29 is 4.79 Å². The smallest absolute Gasteiger partial charge is 0.254 e. The monoisotopic (exact) mass is 326 g/mol. The van der Waals surface area contributed by atoms with Gasteiger partial charge in [0.15, 0.2) is 0 Å². The van der Waals surface area contributed by atoms with Crippen LogP contribution in [-0.4, -0.2) is 38.7 Å². The van der Waals surface area contributed by atoms with Crippen LogP contribution in [0.15, 0.2) is 24.5 Å². The third kappa shape index (κ3) is 3.21. The first-order valence-electron chi connectivity index (χ1n) is 8.73. The summed E-state index contributed by atoms with van der Waals surface area (Å²) >= 11 is 0. The van der Waals surface area contributed by atoms with Gasteiger partial charge in [-0.05, 0) is 52.2 Å². The number of carbonyl (C=O) groups is 1. The number of aryl methyl sites for hydroxylation is 2. The molecule has 1 aromatic carbocycles. The Balaban J connectivity index is 1.68. The quantitative estimate of drug-likeness (QED) is 0.867. The molecule has 1 saturated heterocycles. The molecule has 0 N–H and O–H groups in total. The number of likely N-dealkylation sites (tertiary alicyclic amines) is 1. The van der Waals surface area contributed by atoms with Crippen molar-refractivity contribution >= 4 is 5.91 Å². The molecule has 0 radical (unpaired) electrons. The van der Waals surface area contributed by atoms with E-state index in [1.807, 2.05) is 30.3 Å². The molecule has 1 fully saturated rings. The Morgan fingerprint density at radius 2 is 1.92 bits per heavy atom. The molecular weight excluding hydrogens is 300 g/mol. The molecule has 5 nitrogen and oxygen atoms in total. The Labute approximate surface area is 143 Å². The first-order chi connectivity index (χ1) is 11.5. The largest absolute Gasteiger partial charge is 0.339 e. The van der Waals surface area contributed by atoms with Gasteiger partial charge in [-0.25, -0.2) is 0 Å². The third-order valence-electron chi connectivity index (χ3n) is 4.92. The van der Waals surface area contributed by atoms with Crippen LogP contribution in [0.5, 0.6) is 0 Å². The lowest BCUT2D eigenvalue weighted by Crippen LogP contribution is -2.38. The number of aromatic nitrogens is 3. The van der Waals surface area contributed by atoms with Gasteiger partial charge in [0.2, 0.25) is 0 Å². The van der Waals surface area contributed by atoms with Gasteiger partial charge in [0, 0.05) is 30.6 Å². The van der Waals surface area contributed by atoms with E-state index in [-0.39, 0.29) is 5.91 Å². The Kier molecular flexibility index (Phi) is 4.69. The van der Waals surface area contributed by atoms with E-state index in [1.165, 1.54) is 5.56 Å². The second kappa shape index (κ2) is 6.75. The molecule has 128 valence electrons. The molecule has 24 heavy (non-hydrogen) atoms. The summed E-state index contributed by atoms with van der Waals surface area (Å²) in [6.45, 7) is 9.91. The summed E-state index contributed by atoms with van der Waals surface area (Å²) in [4.78, 5) is 14.8. The van der Waals surface area contributed by atoms with E-state index in [0.717, 1.165) is 42.9 Å².